The van der Waals surface area contributed by atoms with Crippen LogP contribution in [-0.2, 0) is 6.42 Å². The largest absolute Gasteiger partial charge is 0.389 e. The quantitative estimate of drug-likeness (QED) is 0.770. The molecule has 0 N–H and O–H groups in total. The minimum absolute atomic E-state index is 0.0155. The van der Waals surface area contributed by atoms with Gasteiger partial charge >= 0.3 is 6.18 Å². The minimum Gasteiger partial charge on any atom is -0.221 e. The average Bonchev–Trinajstić information content (AvgIpc) is 2.11. The number of nitrogens with zero attached hydrogens (tertiary/aromatic N) is 2. The van der Waals surface area contributed by atoms with Gasteiger partial charge in [-0.05, 0) is 5.92 Å². The Labute approximate surface area is 107 Å². The number of alkyl halides is 3. The molecule has 0 aliphatic carbocycles. The van der Waals surface area contributed by atoms with Gasteiger partial charge in [0.2, 0.25) is 0 Å². The van der Waals surface area contributed by atoms with Gasteiger partial charge in [0.15, 0.2) is 0 Å². The fraction of sp³-hybridized carbons (Fsp3) is 0.600. The molecule has 2 nitrogen and oxygen atoms in total. The van der Waals surface area contributed by atoms with Crippen molar-refractivity contribution < 1.29 is 13.2 Å². The molecular formula is C10H11Cl2F3N2. The summed E-state index contributed by atoms with van der Waals surface area (Å²) >= 11 is 11.7. The second kappa shape index (κ2) is 5.40. The molecule has 0 aliphatic rings. The Balaban J connectivity index is 2.91. The van der Waals surface area contributed by atoms with Crippen molar-refractivity contribution >= 4 is 23.2 Å². The van der Waals surface area contributed by atoms with Crippen LogP contribution in [0.25, 0.3) is 0 Å². The van der Waals surface area contributed by atoms with Crippen molar-refractivity contribution in [2.45, 2.75) is 38.8 Å². The van der Waals surface area contributed by atoms with Crippen LogP contribution in [0.1, 0.15) is 37.6 Å². The molecule has 0 amide bonds. The molecule has 7 heteroatoms. The van der Waals surface area contributed by atoms with Crippen LogP contribution in [-0.4, -0.2) is 16.1 Å². The molecule has 0 saturated carbocycles. The summed E-state index contributed by atoms with van der Waals surface area (Å²) in [5.41, 5.74) is 0.559. The van der Waals surface area contributed by atoms with Gasteiger partial charge in [0.1, 0.15) is 16.1 Å². The lowest BCUT2D eigenvalue weighted by atomic mass is 10.1. The predicted molar refractivity (Wildman–Crippen MR) is 60.5 cm³/mol. The highest BCUT2D eigenvalue weighted by molar-refractivity contribution is 6.34. The highest BCUT2D eigenvalue weighted by Gasteiger charge is 2.27. The van der Waals surface area contributed by atoms with E-state index in [-0.39, 0.29) is 28.5 Å². The molecule has 0 aliphatic heterocycles. The fourth-order valence-corrected chi connectivity index (χ4v) is 2.16. The Morgan fingerprint density at radius 2 is 1.59 bits per heavy atom. The van der Waals surface area contributed by atoms with Gasteiger partial charge in [0.25, 0.3) is 0 Å². The van der Waals surface area contributed by atoms with Crippen molar-refractivity contribution in [1.82, 2.24) is 9.97 Å². The smallest absolute Gasteiger partial charge is 0.221 e. The third-order valence-corrected chi connectivity index (χ3v) is 2.68. The van der Waals surface area contributed by atoms with Crippen molar-refractivity contribution in [3.05, 3.63) is 21.7 Å². The summed E-state index contributed by atoms with van der Waals surface area (Å²) in [6.45, 7) is 3.71. The van der Waals surface area contributed by atoms with Gasteiger partial charge in [-0.1, -0.05) is 37.0 Å². The Kier molecular flexibility index (Phi) is 4.61. The Hall–Kier alpha value is -0.550. The molecule has 0 radical (unpaired) electrons. The zero-order chi connectivity index (χ0) is 13.2. The number of aryl methyl sites for hydroxylation is 1. The van der Waals surface area contributed by atoms with E-state index in [9.17, 15) is 13.2 Å². The Bertz CT molecular complexity index is 382. The van der Waals surface area contributed by atoms with Crippen LogP contribution >= 0.6 is 23.2 Å². The van der Waals surface area contributed by atoms with E-state index in [0.717, 1.165) is 0 Å². The third-order valence-electron chi connectivity index (χ3n) is 2.11. The van der Waals surface area contributed by atoms with Gasteiger partial charge in [0.05, 0.1) is 6.42 Å². The van der Waals surface area contributed by atoms with E-state index in [1.54, 1.807) is 0 Å². The zero-order valence-corrected chi connectivity index (χ0v) is 10.8. The number of aromatic nitrogens is 2. The van der Waals surface area contributed by atoms with E-state index < -0.39 is 12.6 Å². The molecule has 0 aromatic carbocycles. The summed E-state index contributed by atoms with van der Waals surface area (Å²) in [7, 11) is 0. The maximum atomic E-state index is 12.0. The van der Waals surface area contributed by atoms with Crippen molar-refractivity contribution in [3.8, 4) is 0 Å². The molecular weight excluding hydrogens is 276 g/mol. The van der Waals surface area contributed by atoms with Crippen LogP contribution in [0.5, 0.6) is 0 Å². The Morgan fingerprint density at radius 1 is 1.12 bits per heavy atom. The van der Waals surface area contributed by atoms with E-state index in [1.165, 1.54) is 0 Å². The molecule has 0 fully saturated rings. The lowest BCUT2D eigenvalue weighted by molar-refractivity contribution is -0.134. The number of hydrogen-bond donors (Lipinski definition) is 0. The van der Waals surface area contributed by atoms with Gasteiger partial charge in [-0.2, -0.15) is 13.2 Å². The molecule has 0 saturated heterocycles. The molecule has 1 rings (SSSR count). The average molecular weight is 287 g/mol. The van der Waals surface area contributed by atoms with Crippen LogP contribution in [0.15, 0.2) is 0 Å². The third kappa shape index (κ3) is 4.32. The first-order chi connectivity index (χ1) is 7.70. The molecule has 17 heavy (non-hydrogen) atoms. The topological polar surface area (TPSA) is 25.8 Å². The predicted octanol–water partition coefficient (Wildman–Crippen LogP) is 4.40. The first-order valence-electron chi connectivity index (χ1n) is 4.99. The van der Waals surface area contributed by atoms with Gasteiger partial charge in [-0.15, -0.1) is 0 Å². The molecule has 0 spiro atoms. The summed E-state index contributed by atoms with van der Waals surface area (Å²) in [6.07, 6.45) is -5.54. The second-order valence-electron chi connectivity index (χ2n) is 3.91. The maximum absolute atomic E-state index is 12.0. The molecule has 96 valence electrons. The number of hydrogen-bond acceptors (Lipinski definition) is 2. The molecule has 1 aromatic rings. The Morgan fingerprint density at radius 3 is 1.94 bits per heavy atom. The summed E-state index contributed by atoms with van der Waals surface area (Å²) in [5, 5.41) is 0.245. The van der Waals surface area contributed by atoms with E-state index in [2.05, 4.69) is 9.97 Å². The van der Waals surface area contributed by atoms with Gasteiger partial charge < -0.3 is 0 Å². The second-order valence-corrected chi connectivity index (χ2v) is 4.62. The van der Waals surface area contributed by atoms with Gasteiger partial charge in [-0.25, -0.2) is 9.97 Å². The normalized spacial score (nSPS) is 12.2. The standard InChI is InChI=1S/C10H11Cl2F3N2/c1-5(2)7-8(11)16-6(17-9(7)12)3-4-10(13,14)15/h5H,3-4H2,1-2H3. The van der Waals surface area contributed by atoms with Crippen LogP contribution in [0.3, 0.4) is 0 Å². The monoisotopic (exact) mass is 286 g/mol. The molecule has 0 unspecified atom stereocenters. The summed E-state index contributed by atoms with van der Waals surface area (Å²) in [4.78, 5) is 7.66. The summed E-state index contributed by atoms with van der Waals surface area (Å²) in [6, 6.07) is 0. The van der Waals surface area contributed by atoms with E-state index >= 15 is 0 Å². The first kappa shape index (κ1) is 14.5. The lowest BCUT2D eigenvalue weighted by Gasteiger charge is -2.11. The lowest BCUT2D eigenvalue weighted by Crippen LogP contribution is -2.11. The number of rotatable bonds is 3. The van der Waals surface area contributed by atoms with Crippen LogP contribution < -0.4 is 0 Å². The van der Waals surface area contributed by atoms with E-state index in [1.807, 2.05) is 13.8 Å². The molecule has 1 heterocycles. The molecule has 0 atom stereocenters. The van der Waals surface area contributed by atoms with Crippen molar-refractivity contribution in [3.63, 3.8) is 0 Å². The first-order valence-corrected chi connectivity index (χ1v) is 5.75. The summed E-state index contributed by atoms with van der Waals surface area (Å²) in [5.74, 6) is 0.0355. The van der Waals surface area contributed by atoms with Crippen molar-refractivity contribution in [1.29, 1.82) is 0 Å². The van der Waals surface area contributed by atoms with Crippen LogP contribution in [0.2, 0.25) is 10.3 Å². The van der Waals surface area contributed by atoms with Crippen LogP contribution in [0, 0.1) is 0 Å². The van der Waals surface area contributed by atoms with Crippen LogP contribution in [0.4, 0.5) is 13.2 Å². The van der Waals surface area contributed by atoms with Gasteiger partial charge in [0, 0.05) is 12.0 Å². The highest BCUT2D eigenvalue weighted by atomic mass is 35.5. The summed E-state index contributed by atoms with van der Waals surface area (Å²) < 4.78 is 36.1. The SMILES string of the molecule is CC(C)c1c(Cl)nc(CCC(F)(F)F)nc1Cl. The number of halogens is 5. The van der Waals surface area contributed by atoms with Crippen molar-refractivity contribution in [2.24, 2.45) is 0 Å². The minimum atomic E-state index is -4.24. The van der Waals surface area contributed by atoms with E-state index in [0.29, 0.717) is 5.56 Å². The zero-order valence-electron chi connectivity index (χ0n) is 9.28. The van der Waals surface area contributed by atoms with E-state index in [4.69, 9.17) is 23.2 Å². The highest BCUT2D eigenvalue weighted by Crippen LogP contribution is 2.29. The molecule has 0 bridgehead atoms. The molecule has 1 aromatic heterocycles. The van der Waals surface area contributed by atoms with Crippen molar-refractivity contribution in [2.75, 3.05) is 0 Å². The maximum Gasteiger partial charge on any atom is 0.389 e. The van der Waals surface area contributed by atoms with Gasteiger partial charge in [-0.3, -0.25) is 0 Å². The fourth-order valence-electron chi connectivity index (χ4n) is 1.30.